The summed E-state index contributed by atoms with van der Waals surface area (Å²) < 4.78 is 6.86. The Labute approximate surface area is 99.4 Å². The van der Waals surface area contributed by atoms with E-state index >= 15 is 0 Å². The van der Waals surface area contributed by atoms with Crippen LogP contribution in [0.3, 0.4) is 0 Å². The molecular weight excluding hydrogens is 218 g/mol. The van der Waals surface area contributed by atoms with Crippen molar-refractivity contribution in [1.29, 1.82) is 0 Å². The standard InChI is InChI=1S/C12H15N3O2/c1-7-4-8(16)5-10(17-3)12(7)9-6-11(13)15(2)14-9/h4-6,16H,13H2,1-3H3. The van der Waals surface area contributed by atoms with Gasteiger partial charge in [0.15, 0.2) is 0 Å². The molecule has 2 aromatic rings. The van der Waals surface area contributed by atoms with Crippen molar-refractivity contribution in [3.05, 3.63) is 23.8 Å². The minimum Gasteiger partial charge on any atom is -0.508 e. The van der Waals surface area contributed by atoms with Crippen LogP contribution in [-0.2, 0) is 7.05 Å². The molecule has 3 N–H and O–H groups in total. The number of nitrogen functional groups attached to an aromatic ring is 1. The molecule has 1 aromatic carbocycles. The highest BCUT2D eigenvalue weighted by Crippen LogP contribution is 2.36. The minimum atomic E-state index is 0.173. The number of ether oxygens (including phenoxy) is 1. The van der Waals surface area contributed by atoms with Gasteiger partial charge < -0.3 is 15.6 Å². The molecule has 5 heteroatoms. The number of aryl methyl sites for hydroxylation is 2. The van der Waals surface area contributed by atoms with Crippen molar-refractivity contribution in [2.75, 3.05) is 12.8 Å². The molecule has 0 spiro atoms. The van der Waals surface area contributed by atoms with Gasteiger partial charge in [-0.05, 0) is 18.6 Å². The molecule has 2 rings (SSSR count). The van der Waals surface area contributed by atoms with Crippen molar-refractivity contribution in [1.82, 2.24) is 9.78 Å². The topological polar surface area (TPSA) is 73.3 Å². The predicted octanol–water partition coefficient (Wildman–Crippen LogP) is 1.69. The number of phenolic OH excluding ortho intramolecular Hbond substituents is 1. The zero-order valence-corrected chi connectivity index (χ0v) is 10.1. The molecule has 0 radical (unpaired) electrons. The second kappa shape index (κ2) is 4.01. The first-order valence-electron chi connectivity index (χ1n) is 5.20. The number of rotatable bonds is 2. The second-order valence-corrected chi connectivity index (χ2v) is 3.92. The average Bonchev–Trinajstić information content (AvgIpc) is 2.57. The first-order chi connectivity index (χ1) is 8.02. The second-order valence-electron chi connectivity index (χ2n) is 3.92. The quantitative estimate of drug-likeness (QED) is 0.827. The summed E-state index contributed by atoms with van der Waals surface area (Å²) >= 11 is 0. The monoisotopic (exact) mass is 233 g/mol. The number of aromatic hydroxyl groups is 1. The Balaban J connectivity index is 2.65. The summed E-state index contributed by atoms with van der Waals surface area (Å²) in [6.07, 6.45) is 0. The highest BCUT2D eigenvalue weighted by Gasteiger charge is 2.14. The molecule has 90 valence electrons. The van der Waals surface area contributed by atoms with Crippen LogP contribution in [0.4, 0.5) is 5.82 Å². The molecule has 0 aliphatic heterocycles. The molecule has 0 saturated carbocycles. The predicted molar refractivity (Wildman–Crippen MR) is 66.0 cm³/mol. The molecule has 0 aliphatic rings. The first kappa shape index (κ1) is 11.3. The lowest BCUT2D eigenvalue weighted by Gasteiger charge is -2.10. The molecule has 1 aromatic heterocycles. The number of phenols is 1. The van der Waals surface area contributed by atoms with Crippen molar-refractivity contribution >= 4 is 5.82 Å². The maximum atomic E-state index is 9.53. The minimum absolute atomic E-state index is 0.173. The maximum Gasteiger partial charge on any atom is 0.132 e. The number of anilines is 1. The third-order valence-electron chi connectivity index (χ3n) is 2.68. The van der Waals surface area contributed by atoms with Crippen molar-refractivity contribution in [2.24, 2.45) is 7.05 Å². The Morgan fingerprint density at radius 1 is 1.35 bits per heavy atom. The Morgan fingerprint density at radius 2 is 2.06 bits per heavy atom. The fourth-order valence-corrected chi connectivity index (χ4v) is 1.83. The molecule has 17 heavy (non-hydrogen) atoms. The number of methoxy groups -OCH3 is 1. The van der Waals surface area contributed by atoms with Crippen LogP contribution in [0, 0.1) is 6.92 Å². The van der Waals surface area contributed by atoms with Gasteiger partial charge in [0.05, 0.1) is 12.8 Å². The summed E-state index contributed by atoms with van der Waals surface area (Å²) in [4.78, 5) is 0. The van der Waals surface area contributed by atoms with Crippen LogP contribution < -0.4 is 10.5 Å². The number of hydrogen-bond donors (Lipinski definition) is 2. The highest BCUT2D eigenvalue weighted by molar-refractivity contribution is 5.73. The van der Waals surface area contributed by atoms with Gasteiger partial charge in [-0.3, -0.25) is 4.68 Å². The van der Waals surface area contributed by atoms with Crippen LogP contribution in [-0.4, -0.2) is 22.0 Å². The van der Waals surface area contributed by atoms with Gasteiger partial charge in [-0.2, -0.15) is 5.10 Å². The van der Waals surface area contributed by atoms with E-state index in [-0.39, 0.29) is 5.75 Å². The Bertz CT molecular complexity index is 542. The van der Waals surface area contributed by atoms with E-state index in [9.17, 15) is 5.11 Å². The van der Waals surface area contributed by atoms with Crippen molar-refractivity contribution < 1.29 is 9.84 Å². The number of hydrogen-bond acceptors (Lipinski definition) is 4. The Morgan fingerprint density at radius 3 is 2.59 bits per heavy atom. The van der Waals surface area contributed by atoms with Gasteiger partial charge in [0.1, 0.15) is 17.3 Å². The van der Waals surface area contributed by atoms with Gasteiger partial charge in [0.2, 0.25) is 0 Å². The lowest BCUT2D eigenvalue weighted by molar-refractivity contribution is 0.408. The largest absolute Gasteiger partial charge is 0.508 e. The van der Waals surface area contributed by atoms with E-state index in [4.69, 9.17) is 10.5 Å². The van der Waals surface area contributed by atoms with E-state index in [1.807, 2.05) is 6.92 Å². The third-order valence-corrected chi connectivity index (χ3v) is 2.68. The third kappa shape index (κ3) is 1.91. The average molecular weight is 233 g/mol. The molecular formula is C12H15N3O2. The number of aromatic nitrogens is 2. The molecule has 5 nitrogen and oxygen atoms in total. The maximum absolute atomic E-state index is 9.53. The van der Waals surface area contributed by atoms with E-state index in [2.05, 4.69) is 5.10 Å². The van der Waals surface area contributed by atoms with E-state index in [0.29, 0.717) is 11.6 Å². The summed E-state index contributed by atoms with van der Waals surface area (Å²) in [5.74, 6) is 1.34. The molecule has 0 fully saturated rings. The van der Waals surface area contributed by atoms with Gasteiger partial charge in [-0.25, -0.2) is 0 Å². The number of benzene rings is 1. The molecule has 0 aliphatic carbocycles. The molecule has 0 amide bonds. The Kier molecular flexibility index (Phi) is 2.67. The lowest BCUT2D eigenvalue weighted by Crippen LogP contribution is -1.97. The van der Waals surface area contributed by atoms with Gasteiger partial charge >= 0.3 is 0 Å². The lowest BCUT2D eigenvalue weighted by atomic mass is 10.0. The molecule has 0 atom stereocenters. The highest BCUT2D eigenvalue weighted by atomic mass is 16.5. The molecule has 0 bridgehead atoms. The van der Waals surface area contributed by atoms with Gasteiger partial charge in [-0.1, -0.05) is 0 Å². The van der Waals surface area contributed by atoms with Crippen LogP contribution in [0.5, 0.6) is 11.5 Å². The zero-order valence-electron chi connectivity index (χ0n) is 10.1. The van der Waals surface area contributed by atoms with E-state index in [1.54, 1.807) is 37.0 Å². The molecule has 0 saturated heterocycles. The van der Waals surface area contributed by atoms with Crippen LogP contribution in [0.1, 0.15) is 5.56 Å². The zero-order chi connectivity index (χ0) is 12.6. The fraction of sp³-hybridized carbons (Fsp3) is 0.250. The first-order valence-corrected chi connectivity index (χ1v) is 5.20. The van der Waals surface area contributed by atoms with Gasteiger partial charge in [-0.15, -0.1) is 0 Å². The van der Waals surface area contributed by atoms with E-state index in [1.165, 1.54) is 0 Å². The Hall–Kier alpha value is -2.17. The van der Waals surface area contributed by atoms with Crippen molar-refractivity contribution in [3.8, 4) is 22.8 Å². The van der Waals surface area contributed by atoms with Crippen LogP contribution in [0.2, 0.25) is 0 Å². The normalized spacial score (nSPS) is 10.5. The summed E-state index contributed by atoms with van der Waals surface area (Å²) in [6, 6.07) is 5.01. The summed E-state index contributed by atoms with van der Waals surface area (Å²) in [6.45, 7) is 1.89. The summed E-state index contributed by atoms with van der Waals surface area (Å²) in [5.41, 5.74) is 8.23. The smallest absolute Gasteiger partial charge is 0.132 e. The van der Waals surface area contributed by atoms with Crippen LogP contribution in [0.25, 0.3) is 11.3 Å². The number of nitrogens with zero attached hydrogens (tertiary/aromatic N) is 2. The summed E-state index contributed by atoms with van der Waals surface area (Å²) in [5, 5.41) is 13.8. The van der Waals surface area contributed by atoms with Gasteiger partial charge in [0.25, 0.3) is 0 Å². The van der Waals surface area contributed by atoms with E-state index < -0.39 is 0 Å². The molecule has 0 unspecified atom stereocenters. The molecule has 1 heterocycles. The summed E-state index contributed by atoms with van der Waals surface area (Å²) in [7, 11) is 3.34. The van der Waals surface area contributed by atoms with Crippen LogP contribution >= 0.6 is 0 Å². The van der Waals surface area contributed by atoms with Crippen LogP contribution in [0.15, 0.2) is 18.2 Å². The van der Waals surface area contributed by atoms with Crippen molar-refractivity contribution in [3.63, 3.8) is 0 Å². The number of nitrogens with two attached hydrogens (primary N) is 1. The van der Waals surface area contributed by atoms with Gasteiger partial charge in [0, 0.05) is 24.7 Å². The fourth-order valence-electron chi connectivity index (χ4n) is 1.83. The SMILES string of the molecule is COc1cc(O)cc(C)c1-c1cc(N)n(C)n1. The van der Waals surface area contributed by atoms with E-state index in [0.717, 1.165) is 16.8 Å². The van der Waals surface area contributed by atoms with Crippen molar-refractivity contribution in [2.45, 2.75) is 6.92 Å².